The molecule has 0 aromatic carbocycles. The van der Waals surface area contributed by atoms with Crippen LogP contribution in [0.15, 0.2) is 0 Å². The number of rotatable bonds is 4. The lowest BCUT2D eigenvalue weighted by atomic mass is 10.0. The Kier molecular flexibility index (Phi) is 4.68. The van der Waals surface area contributed by atoms with Crippen LogP contribution < -0.4 is 5.73 Å². The zero-order chi connectivity index (χ0) is 7.28. The SMILES string of the molecule is CC(CF)CC[C@@H](C)N. The van der Waals surface area contributed by atoms with Crippen molar-refractivity contribution in [2.45, 2.75) is 32.7 Å². The molecular formula is C7H16FN. The molecule has 0 rings (SSSR count). The van der Waals surface area contributed by atoms with Crippen LogP contribution in [0.5, 0.6) is 0 Å². The van der Waals surface area contributed by atoms with E-state index in [4.69, 9.17) is 5.73 Å². The van der Waals surface area contributed by atoms with Crippen molar-refractivity contribution in [3.05, 3.63) is 0 Å². The van der Waals surface area contributed by atoms with Gasteiger partial charge in [0.1, 0.15) is 0 Å². The summed E-state index contributed by atoms with van der Waals surface area (Å²) in [6.07, 6.45) is 1.85. The molecule has 0 aliphatic heterocycles. The van der Waals surface area contributed by atoms with E-state index in [0.29, 0.717) is 0 Å². The summed E-state index contributed by atoms with van der Waals surface area (Å²) in [5.74, 6) is 0.191. The van der Waals surface area contributed by atoms with Crippen LogP contribution in [-0.2, 0) is 0 Å². The molecule has 0 aliphatic carbocycles. The smallest absolute Gasteiger partial charge is 0.0919 e. The van der Waals surface area contributed by atoms with E-state index in [2.05, 4.69) is 0 Å². The first kappa shape index (κ1) is 8.89. The molecule has 0 radical (unpaired) electrons. The normalized spacial score (nSPS) is 17.3. The van der Waals surface area contributed by atoms with Gasteiger partial charge in [-0.2, -0.15) is 0 Å². The number of nitrogens with two attached hydrogens (primary N) is 1. The fraction of sp³-hybridized carbons (Fsp3) is 1.00. The lowest BCUT2D eigenvalue weighted by molar-refractivity contribution is 0.353. The van der Waals surface area contributed by atoms with Gasteiger partial charge in [-0.15, -0.1) is 0 Å². The molecule has 0 saturated heterocycles. The average Bonchev–Trinajstić information content (AvgIpc) is 1.83. The van der Waals surface area contributed by atoms with Gasteiger partial charge in [0.15, 0.2) is 0 Å². The maximum atomic E-state index is 11.8. The number of halogens is 1. The minimum atomic E-state index is -0.216. The molecule has 1 unspecified atom stereocenters. The van der Waals surface area contributed by atoms with Gasteiger partial charge in [0.25, 0.3) is 0 Å². The van der Waals surface area contributed by atoms with Crippen molar-refractivity contribution in [2.24, 2.45) is 11.7 Å². The van der Waals surface area contributed by atoms with Gasteiger partial charge in [-0.05, 0) is 25.7 Å². The van der Waals surface area contributed by atoms with E-state index in [1.165, 1.54) is 0 Å². The van der Waals surface area contributed by atoms with E-state index in [0.717, 1.165) is 12.8 Å². The van der Waals surface area contributed by atoms with Gasteiger partial charge in [0.2, 0.25) is 0 Å². The third kappa shape index (κ3) is 5.77. The van der Waals surface area contributed by atoms with Gasteiger partial charge in [0, 0.05) is 6.04 Å². The summed E-state index contributed by atoms with van der Waals surface area (Å²) in [5.41, 5.74) is 5.47. The summed E-state index contributed by atoms with van der Waals surface area (Å²) in [6.45, 7) is 3.64. The maximum absolute atomic E-state index is 11.8. The van der Waals surface area contributed by atoms with E-state index in [1.807, 2.05) is 13.8 Å². The summed E-state index contributed by atoms with van der Waals surface area (Å²) >= 11 is 0. The Hall–Kier alpha value is -0.110. The van der Waals surface area contributed by atoms with Crippen molar-refractivity contribution in [3.63, 3.8) is 0 Å². The van der Waals surface area contributed by atoms with Crippen LogP contribution in [0.1, 0.15) is 26.7 Å². The fourth-order valence-electron chi connectivity index (χ4n) is 0.625. The third-order valence-corrected chi connectivity index (χ3v) is 1.38. The zero-order valence-corrected chi connectivity index (χ0v) is 6.23. The molecule has 0 fully saturated rings. The molecule has 1 nitrogen and oxygen atoms in total. The van der Waals surface area contributed by atoms with Crippen molar-refractivity contribution < 1.29 is 4.39 Å². The Balaban J connectivity index is 3.06. The van der Waals surface area contributed by atoms with Gasteiger partial charge in [0.05, 0.1) is 6.67 Å². The molecule has 0 aromatic heterocycles. The Bertz CT molecular complexity index is 63.9. The lowest BCUT2D eigenvalue weighted by Crippen LogP contribution is -2.15. The van der Waals surface area contributed by atoms with Crippen LogP contribution in [0.2, 0.25) is 0 Å². The van der Waals surface area contributed by atoms with Gasteiger partial charge in [-0.3, -0.25) is 4.39 Å². The first-order valence-corrected chi connectivity index (χ1v) is 3.48. The highest BCUT2D eigenvalue weighted by Gasteiger charge is 2.01. The topological polar surface area (TPSA) is 26.0 Å². The summed E-state index contributed by atoms with van der Waals surface area (Å²) in [4.78, 5) is 0. The second-order valence-electron chi connectivity index (χ2n) is 2.81. The van der Waals surface area contributed by atoms with Crippen molar-refractivity contribution in [1.29, 1.82) is 0 Å². The van der Waals surface area contributed by atoms with Crippen molar-refractivity contribution in [3.8, 4) is 0 Å². The minimum Gasteiger partial charge on any atom is -0.328 e. The van der Waals surface area contributed by atoms with E-state index in [9.17, 15) is 4.39 Å². The van der Waals surface area contributed by atoms with Crippen LogP contribution >= 0.6 is 0 Å². The van der Waals surface area contributed by atoms with Crippen molar-refractivity contribution in [2.75, 3.05) is 6.67 Å². The molecule has 2 atom stereocenters. The molecule has 56 valence electrons. The molecule has 9 heavy (non-hydrogen) atoms. The predicted molar refractivity (Wildman–Crippen MR) is 38.0 cm³/mol. The molecule has 0 saturated carbocycles. The minimum absolute atomic E-state index is 0.191. The zero-order valence-electron chi connectivity index (χ0n) is 6.23. The molecular weight excluding hydrogens is 117 g/mol. The molecule has 2 N–H and O–H groups in total. The second kappa shape index (κ2) is 4.74. The first-order chi connectivity index (χ1) is 4.16. The van der Waals surface area contributed by atoms with Crippen LogP contribution in [0, 0.1) is 5.92 Å². The van der Waals surface area contributed by atoms with Crippen LogP contribution in [0.25, 0.3) is 0 Å². The van der Waals surface area contributed by atoms with Gasteiger partial charge < -0.3 is 5.73 Å². The number of alkyl halides is 1. The van der Waals surface area contributed by atoms with E-state index < -0.39 is 0 Å². The highest BCUT2D eigenvalue weighted by Crippen LogP contribution is 2.06. The summed E-state index contributed by atoms with van der Waals surface area (Å²) in [7, 11) is 0. The van der Waals surface area contributed by atoms with Gasteiger partial charge in [-0.25, -0.2) is 0 Å². The highest BCUT2D eigenvalue weighted by atomic mass is 19.1. The Labute approximate surface area is 56.4 Å². The predicted octanol–water partition coefficient (Wildman–Crippen LogP) is 1.72. The van der Waals surface area contributed by atoms with Crippen LogP contribution in [0.3, 0.4) is 0 Å². The standard InChI is InChI=1S/C7H16FN/c1-6(5-8)3-4-7(2)9/h6-7H,3-5,9H2,1-2H3/t6?,7-/m1/s1. The molecule has 0 aliphatic rings. The first-order valence-electron chi connectivity index (χ1n) is 3.48. The van der Waals surface area contributed by atoms with E-state index >= 15 is 0 Å². The van der Waals surface area contributed by atoms with Crippen LogP contribution in [0.4, 0.5) is 4.39 Å². The monoisotopic (exact) mass is 133 g/mol. The average molecular weight is 133 g/mol. The van der Waals surface area contributed by atoms with Gasteiger partial charge in [-0.1, -0.05) is 6.92 Å². The Morgan fingerprint density at radius 1 is 1.33 bits per heavy atom. The maximum Gasteiger partial charge on any atom is 0.0919 e. The second-order valence-corrected chi connectivity index (χ2v) is 2.81. The van der Waals surface area contributed by atoms with Gasteiger partial charge >= 0.3 is 0 Å². The molecule has 0 aromatic rings. The summed E-state index contributed by atoms with van der Waals surface area (Å²) in [5, 5.41) is 0. The van der Waals surface area contributed by atoms with Crippen molar-refractivity contribution in [1.82, 2.24) is 0 Å². The largest absolute Gasteiger partial charge is 0.328 e. The summed E-state index contributed by atoms with van der Waals surface area (Å²) < 4.78 is 11.8. The molecule has 0 spiro atoms. The number of hydrogen-bond donors (Lipinski definition) is 1. The van der Waals surface area contributed by atoms with Crippen molar-refractivity contribution >= 4 is 0 Å². The molecule has 2 heteroatoms. The number of hydrogen-bond acceptors (Lipinski definition) is 1. The molecule has 0 bridgehead atoms. The molecule has 0 heterocycles. The Morgan fingerprint density at radius 3 is 2.22 bits per heavy atom. The quantitative estimate of drug-likeness (QED) is 0.621. The lowest BCUT2D eigenvalue weighted by Gasteiger charge is -2.07. The van der Waals surface area contributed by atoms with Crippen LogP contribution in [-0.4, -0.2) is 12.7 Å². The third-order valence-electron chi connectivity index (χ3n) is 1.38. The van der Waals surface area contributed by atoms with E-state index in [1.54, 1.807) is 0 Å². The fourth-order valence-corrected chi connectivity index (χ4v) is 0.625. The Morgan fingerprint density at radius 2 is 1.89 bits per heavy atom. The summed E-state index contributed by atoms with van der Waals surface area (Å²) in [6, 6.07) is 0.221. The van der Waals surface area contributed by atoms with E-state index in [-0.39, 0.29) is 18.6 Å². The highest BCUT2D eigenvalue weighted by molar-refractivity contribution is 4.57. The molecule has 0 amide bonds.